The molecule has 1 unspecified atom stereocenters. The minimum atomic E-state index is -0.944. The zero-order valence-corrected chi connectivity index (χ0v) is 10.3. The summed E-state index contributed by atoms with van der Waals surface area (Å²) in [6.07, 6.45) is -0.944. The first-order chi connectivity index (χ1) is 7.58. The number of aliphatic hydroxyl groups excluding tert-OH is 1. The number of halogens is 3. The molecule has 0 spiro atoms. The predicted molar refractivity (Wildman–Crippen MR) is 64.8 cm³/mol. The van der Waals surface area contributed by atoms with Crippen LogP contribution < -0.4 is 0 Å². The predicted octanol–water partition coefficient (Wildman–Crippen LogP) is 4.28. The van der Waals surface area contributed by atoms with Crippen LogP contribution in [0.2, 0.25) is 9.36 Å². The molecular formula is C11H7Cl2FOS. The van der Waals surface area contributed by atoms with Crippen LogP contribution in [0.3, 0.4) is 0 Å². The van der Waals surface area contributed by atoms with E-state index in [1.54, 1.807) is 12.1 Å². The van der Waals surface area contributed by atoms with E-state index in [0.29, 0.717) is 19.8 Å². The third-order valence-electron chi connectivity index (χ3n) is 2.12. The average Bonchev–Trinajstić information content (AvgIpc) is 2.67. The molecule has 0 bridgehead atoms. The Hall–Kier alpha value is -0.610. The Bertz CT molecular complexity index is 512. The van der Waals surface area contributed by atoms with Gasteiger partial charge in [0.15, 0.2) is 0 Å². The van der Waals surface area contributed by atoms with Gasteiger partial charge in [-0.1, -0.05) is 23.2 Å². The summed E-state index contributed by atoms with van der Waals surface area (Å²) in [7, 11) is 0. The normalized spacial score (nSPS) is 12.8. The summed E-state index contributed by atoms with van der Waals surface area (Å²) in [6, 6.07) is 7.27. The molecule has 5 heteroatoms. The molecule has 0 aliphatic rings. The minimum absolute atomic E-state index is 0.332. The summed E-state index contributed by atoms with van der Waals surface area (Å²) in [4.78, 5) is 0.637. The van der Waals surface area contributed by atoms with Crippen molar-refractivity contribution in [2.75, 3.05) is 0 Å². The first kappa shape index (κ1) is 11.9. The van der Waals surface area contributed by atoms with Crippen molar-refractivity contribution < 1.29 is 9.50 Å². The van der Waals surface area contributed by atoms with Crippen LogP contribution in [0.25, 0.3) is 0 Å². The van der Waals surface area contributed by atoms with Gasteiger partial charge >= 0.3 is 0 Å². The highest BCUT2D eigenvalue weighted by Gasteiger charge is 2.16. The zero-order valence-electron chi connectivity index (χ0n) is 7.95. The second-order valence-electron chi connectivity index (χ2n) is 3.21. The fraction of sp³-hybridized carbons (Fsp3) is 0.0909. The van der Waals surface area contributed by atoms with Crippen LogP contribution in [-0.4, -0.2) is 5.11 Å². The van der Waals surface area contributed by atoms with Crippen molar-refractivity contribution in [1.82, 2.24) is 0 Å². The SMILES string of the molecule is OC(c1ccc(Cl)s1)c1cc(F)ccc1Cl. The van der Waals surface area contributed by atoms with Gasteiger partial charge in [0.2, 0.25) is 0 Å². The molecule has 1 atom stereocenters. The summed E-state index contributed by atoms with van der Waals surface area (Å²) in [5.41, 5.74) is 0.347. The van der Waals surface area contributed by atoms with E-state index >= 15 is 0 Å². The standard InChI is InChI=1S/C11H7Cl2FOS/c12-8-2-1-6(14)5-7(8)11(15)9-3-4-10(13)16-9/h1-5,11,15H. The van der Waals surface area contributed by atoms with Crippen LogP contribution in [0.4, 0.5) is 4.39 Å². The molecule has 1 nitrogen and oxygen atoms in total. The largest absolute Gasteiger partial charge is 0.383 e. The average molecular weight is 277 g/mol. The van der Waals surface area contributed by atoms with Gasteiger partial charge < -0.3 is 5.11 Å². The summed E-state index contributed by atoms with van der Waals surface area (Å²) in [6.45, 7) is 0. The number of rotatable bonds is 2. The third kappa shape index (κ3) is 2.38. The van der Waals surface area contributed by atoms with Crippen LogP contribution in [0.15, 0.2) is 30.3 Å². The summed E-state index contributed by atoms with van der Waals surface area (Å²) < 4.78 is 13.6. The quantitative estimate of drug-likeness (QED) is 0.868. The number of benzene rings is 1. The maximum Gasteiger partial charge on any atom is 0.123 e. The number of hydrogen-bond acceptors (Lipinski definition) is 2. The first-order valence-corrected chi connectivity index (χ1v) is 6.03. The van der Waals surface area contributed by atoms with Crippen molar-refractivity contribution in [3.63, 3.8) is 0 Å². The Kier molecular flexibility index (Phi) is 3.50. The van der Waals surface area contributed by atoms with Gasteiger partial charge in [0.25, 0.3) is 0 Å². The van der Waals surface area contributed by atoms with Crippen molar-refractivity contribution in [3.05, 3.63) is 55.9 Å². The van der Waals surface area contributed by atoms with Crippen molar-refractivity contribution in [1.29, 1.82) is 0 Å². The molecular weight excluding hydrogens is 270 g/mol. The first-order valence-electron chi connectivity index (χ1n) is 4.46. The molecule has 0 saturated heterocycles. The number of aliphatic hydroxyl groups is 1. The van der Waals surface area contributed by atoms with Crippen LogP contribution in [0, 0.1) is 5.82 Å². The lowest BCUT2D eigenvalue weighted by molar-refractivity contribution is 0.224. The van der Waals surface area contributed by atoms with Gasteiger partial charge in [0.05, 0.1) is 4.34 Å². The maximum atomic E-state index is 13.0. The monoisotopic (exact) mass is 276 g/mol. The number of hydrogen-bond donors (Lipinski definition) is 1. The summed E-state index contributed by atoms with van der Waals surface area (Å²) >= 11 is 12.9. The fourth-order valence-electron chi connectivity index (χ4n) is 1.35. The van der Waals surface area contributed by atoms with E-state index in [4.69, 9.17) is 23.2 Å². The van der Waals surface area contributed by atoms with E-state index in [1.807, 2.05) is 0 Å². The van der Waals surface area contributed by atoms with Gasteiger partial charge in [-0.2, -0.15) is 0 Å². The summed E-state index contributed by atoms with van der Waals surface area (Å²) in [5.74, 6) is -0.430. The highest BCUT2D eigenvalue weighted by Crippen LogP contribution is 2.34. The summed E-state index contributed by atoms with van der Waals surface area (Å²) in [5, 5.41) is 10.3. The highest BCUT2D eigenvalue weighted by molar-refractivity contribution is 7.16. The Morgan fingerprint density at radius 1 is 1.19 bits per heavy atom. The lowest BCUT2D eigenvalue weighted by Gasteiger charge is -2.10. The molecule has 0 aliphatic heterocycles. The molecule has 84 valence electrons. The molecule has 1 heterocycles. The Morgan fingerprint density at radius 3 is 2.56 bits per heavy atom. The van der Waals surface area contributed by atoms with Crippen LogP contribution >= 0.6 is 34.5 Å². The van der Waals surface area contributed by atoms with E-state index in [9.17, 15) is 9.50 Å². The van der Waals surface area contributed by atoms with Gasteiger partial charge in [-0.3, -0.25) is 0 Å². The van der Waals surface area contributed by atoms with Crippen molar-refractivity contribution in [3.8, 4) is 0 Å². The third-order valence-corrected chi connectivity index (χ3v) is 3.74. The fourth-order valence-corrected chi connectivity index (χ4v) is 2.64. The molecule has 2 rings (SSSR count). The van der Waals surface area contributed by atoms with Gasteiger partial charge in [0.1, 0.15) is 11.9 Å². The lowest BCUT2D eigenvalue weighted by Crippen LogP contribution is -1.98. The second-order valence-corrected chi connectivity index (χ2v) is 5.36. The van der Waals surface area contributed by atoms with Crippen LogP contribution in [-0.2, 0) is 0 Å². The topological polar surface area (TPSA) is 20.2 Å². The number of thiophene rings is 1. The van der Waals surface area contributed by atoms with E-state index in [-0.39, 0.29) is 0 Å². The van der Waals surface area contributed by atoms with Crippen LogP contribution in [0.1, 0.15) is 16.5 Å². The molecule has 0 saturated carbocycles. The molecule has 0 aliphatic carbocycles. The molecule has 0 amide bonds. The molecule has 0 fully saturated rings. The van der Waals surface area contributed by atoms with Crippen molar-refractivity contribution >= 4 is 34.5 Å². The van der Waals surface area contributed by atoms with E-state index in [2.05, 4.69) is 0 Å². The molecule has 1 N–H and O–H groups in total. The van der Waals surface area contributed by atoms with Gasteiger partial charge in [-0.25, -0.2) is 4.39 Å². The van der Waals surface area contributed by atoms with Gasteiger partial charge in [-0.05, 0) is 30.3 Å². The van der Waals surface area contributed by atoms with E-state index in [0.717, 1.165) is 0 Å². The van der Waals surface area contributed by atoms with Crippen LogP contribution in [0.5, 0.6) is 0 Å². The zero-order chi connectivity index (χ0) is 11.7. The maximum absolute atomic E-state index is 13.0. The molecule has 16 heavy (non-hydrogen) atoms. The minimum Gasteiger partial charge on any atom is -0.383 e. The van der Waals surface area contributed by atoms with E-state index < -0.39 is 11.9 Å². The smallest absolute Gasteiger partial charge is 0.123 e. The van der Waals surface area contributed by atoms with Gasteiger partial charge in [0, 0.05) is 15.5 Å². The van der Waals surface area contributed by atoms with Crippen molar-refractivity contribution in [2.24, 2.45) is 0 Å². The molecule has 1 aromatic carbocycles. The lowest BCUT2D eigenvalue weighted by atomic mass is 10.1. The Labute approximate surface area is 106 Å². The Balaban J connectivity index is 2.40. The molecule has 0 radical (unpaired) electrons. The highest BCUT2D eigenvalue weighted by atomic mass is 35.5. The molecule has 1 aromatic heterocycles. The second kappa shape index (κ2) is 4.72. The van der Waals surface area contributed by atoms with Gasteiger partial charge in [-0.15, -0.1) is 11.3 Å². The van der Waals surface area contributed by atoms with Crippen molar-refractivity contribution in [2.45, 2.75) is 6.10 Å². The Morgan fingerprint density at radius 2 is 1.94 bits per heavy atom. The van der Waals surface area contributed by atoms with E-state index in [1.165, 1.54) is 29.5 Å². The molecule has 2 aromatic rings.